The van der Waals surface area contributed by atoms with E-state index < -0.39 is 0 Å². The molecule has 0 aliphatic carbocycles. The number of hydrogen-bond acceptors (Lipinski definition) is 7. The van der Waals surface area contributed by atoms with Crippen molar-refractivity contribution in [3.63, 3.8) is 0 Å². The van der Waals surface area contributed by atoms with Crippen molar-refractivity contribution in [2.75, 3.05) is 36.4 Å². The Morgan fingerprint density at radius 3 is 2.53 bits per heavy atom. The molecule has 1 aromatic carbocycles. The van der Waals surface area contributed by atoms with E-state index in [0.717, 1.165) is 22.0 Å². The Morgan fingerprint density at radius 1 is 1.09 bits per heavy atom. The van der Waals surface area contributed by atoms with Crippen LogP contribution in [0.3, 0.4) is 0 Å². The first-order valence-corrected chi connectivity index (χ1v) is 11.7. The number of pyridine rings is 1. The minimum Gasteiger partial charge on any atom is -0.364 e. The van der Waals surface area contributed by atoms with Crippen LogP contribution in [0.1, 0.15) is 42.5 Å². The fourth-order valence-corrected chi connectivity index (χ4v) is 4.50. The van der Waals surface area contributed by atoms with Gasteiger partial charge >= 0.3 is 0 Å². The molecule has 0 bridgehead atoms. The lowest BCUT2D eigenvalue weighted by Gasteiger charge is -2.34. The molecule has 1 N–H and O–H groups in total. The van der Waals surface area contributed by atoms with Gasteiger partial charge in [-0.3, -0.25) is 14.6 Å². The molecule has 5 rings (SSSR count). The molecule has 176 valence electrons. The van der Waals surface area contributed by atoms with Gasteiger partial charge in [0.25, 0.3) is 5.91 Å². The number of rotatable bonds is 5. The molecule has 3 aromatic rings. The quantitative estimate of drug-likeness (QED) is 0.627. The molecular weight excluding hydrogens is 430 g/mol. The van der Waals surface area contributed by atoms with Crippen LogP contribution >= 0.6 is 0 Å². The normalized spacial score (nSPS) is 15.9. The number of piperazine rings is 1. The van der Waals surface area contributed by atoms with Crippen LogP contribution in [0.5, 0.6) is 0 Å². The fraction of sp³-hybridized carbons (Fsp3) is 0.400. The lowest BCUT2D eigenvalue weighted by molar-refractivity contribution is -0.129. The monoisotopic (exact) mass is 459 g/mol. The molecule has 34 heavy (non-hydrogen) atoms. The molecule has 9 heteroatoms. The van der Waals surface area contributed by atoms with Crippen LogP contribution < -0.4 is 10.2 Å². The van der Waals surface area contributed by atoms with Crippen molar-refractivity contribution in [3.8, 4) is 0 Å². The molecule has 0 spiro atoms. The fourth-order valence-electron chi connectivity index (χ4n) is 4.50. The molecule has 2 aromatic heterocycles. The van der Waals surface area contributed by atoms with E-state index in [1.807, 2.05) is 52.9 Å². The summed E-state index contributed by atoms with van der Waals surface area (Å²) in [6.07, 6.45) is 1.88. The first kappa shape index (κ1) is 22.1. The number of benzene rings is 1. The average Bonchev–Trinajstić information content (AvgIpc) is 3.19. The van der Waals surface area contributed by atoms with Crippen LogP contribution in [-0.2, 0) is 17.9 Å². The van der Waals surface area contributed by atoms with E-state index in [0.29, 0.717) is 56.7 Å². The number of carbonyl (C=O) groups excluding carboxylic acids is 2. The molecule has 0 saturated carbocycles. The van der Waals surface area contributed by atoms with Crippen LogP contribution in [-0.4, -0.2) is 68.8 Å². The second kappa shape index (κ2) is 8.89. The number of fused-ring (bicyclic) bond motifs is 2. The molecule has 2 amide bonds. The van der Waals surface area contributed by atoms with E-state index in [9.17, 15) is 9.59 Å². The van der Waals surface area contributed by atoms with Crippen molar-refractivity contribution in [2.45, 2.75) is 39.9 Å². The topological polar surface area (TPSA) is 94.6 Å². The van der Waals surface area contributed by atoms with Gasteiger partial charge in [0, 0.05) is 56.3 Å². The van der Waals surface area contributed by atoms with Gasteiger partial charge in [-0.05, 0) is 25.3 Å². The molecule has 0 radical (unpaired) electrons. The van der Waals surface area contributed by atoms with Gasteiger partial charge in [-0.1, -0.05) is 24.3 Å². The maximum atomic E-state index is 13.1. The smallest absolute Gasteiger partial charge is 0.273 e. The second-order valence-electron chi connectivity index (χ2n) is 9.10. The van der Waals surface area contributed by atoms with Crippen molar-refractivity contribution in [3.05, 3.63) is 53.5 Å². The predicted molar refractivity (Wildman–Crippen MR) is 131 cm³/mol. The summed E-state index contributed by atoms with van der Waals surface area (Å²) < 4.78 is 0. The lowest BCUT2D eigenvalue weighted by atomic mass is 10.1. The maximum absolute atomic E-state index is 13.1. The first-order chi connectivity index (χ1) is 16.4. The standard InChI is InChI=1S/C25H29N7O2/c1-16(2)32-15-21-22(24(32)34)28-25(31-10-8-30(9-11-31)17(3)33)29-23(21)27-14-20-12-18-6-4-5-7-19(18)13-26-20/h4-7,12-13,16H,8-11,14-15H2,1-3H3,(H,27,28,29). The van der Waals surface area contributed by atoms with Gasteiger partial charge in [0.2, 0.25) is 11.9 Å². The molecule has 1 fully saturated rings. The number of nitrogens with zero attached hydrogens (tertiary/aromatic N) is 6. The molecule has 1 saturated heterocycles. The Bertz CT molecular complexity index is 1250. The van der Waals surface area contributed by atoms with Gasteiger partial charge in [0.05, 0.1) is 18.8 Å². The van der Waals surface area contributed by atoms with Gasteiger partial charge in [0.15, 0.2) is 0 Å². The third-order valence-electron chi connectivity index (χ3n) is 6.54. The third-order valence-corrected chi connectivity index (χ3v) is 6.54. The summed E-state index contributed by atoms with van der Waals surface area (Å²) >= 11 is 0. The first-order valence-electron chi connectivity index (χ1n) is 11.7. The zero-order valence-corrected chi connectivity index (χ0v) is 19.8. The summed E-state index contributed by atoms with van der Waals surface area (Å²) in [5, 5.41) is 5.66. The van der Waals surface area contributed by atoms with Crippen LogP contribution in [0.15, 0.2) is 36.5 Å². The third kappa shape index (κ3) is 4.13. The van der Waals surface area contributed by atoms with Gasteiger partial charge in [-0.2, -0.15) is 4.98 Å². The number of anilines is 2. The Labute approximate surface area is 198 Å². The Balaban J connectivity index is 1.43. The highest BCUT2D eigenvalue weighted by molar-refractivity contribution is 5.98. The summed E-state index contributed by atoms with van der Waals surface area (Å²) in [6.45, 7) is 9.06. The molecule has 0 atom stereocenters. The molecule has 2 aliphatic rings. The highest BCUT2D eigenvalue weighted by Gasteiger charge is 2.35. The minimum atomic E-state index is -0.0668. The number of amides is 2. The van der Waals surface area contributed by atoms with E-state index in [1.54, 1.807) is 6.92 Å². The van der Waals surface area contributed by atoms with E-state index in [1.165, 1.54) is 0 Å². The van der Waals surface area contributed by atoms with Crippen LogP contribution in [0.25, 0.3) is 10.8 Å². The van der Waals surface area contributed by atoms with Crippen LogP contribution in [0, 0.1) is 0 Å². The van der Waals surface area contributed by atoms with Crippen molar-refractivity contribution >= 4 is 34.4 Å². The summed E-state index contributed by atoms with van der Waals surface area (Å²) in [7, 11) is 0. The van der Waals surface area contributed by atoms with E-state index in [-0.39, 0.29) is 17.9 Å². The largest absolute Gasteiger partial charge is 0.364 e. The van der Waals surface area contributed by atoms with Gasteiger partial charge in [0.1, 0.15) is 11.5 Å². The van der Waals surface area contributed by atoms with Gasteiger partial charge in [-0.15, -0.1) is 0 Å². The predicted octanol–water partition coefficient (Wildman–Crippen LogP) is 2.67. The number of hydrogen-bond donors (Lipinski definition) is 1. The van der Waals surface area contributed by atoms with E-state index in [2.05, 4.69) is 27.4 Å². The molecule has 9 nitrogen and oxygen atoms in total. The minimum absolute atomic E-state index is 0.0668. The zero-order chi connectivity index (χ0) is 23.8. The zero-order valence-electron chi connectivity index (χ0n) is 19.8. The summed E-state index contributed by atoms with van der Waals surface area (Å²) in [5.41, 5.74) is 2.18. The summed E-state index contributed by atoms with van der Waals surface area (Å²) in [6, 6.07) is 10.3. The van der Waals surface area contributed by atoms with Gasteiger partial charge in [-0.25, -0.2) is 4.98 Å². The number of aromatic nitrogens is 3. The average molecular weight is 460 g/mol. The molecule has 4 heterocycles. The van der Waals surface area contributed by atoms with Crippen LogP contribution in [0.4, 0.5) is 11.8 Å². The Kier molecular flexibility index (Phi) is 5.77. The van der Waals surface area contributed by atoms with Crippen LogP contribution in [0.2, 0.25) is 0 Å². The van der Waals surface area contributed by atoms with Gasteiger partial charge < -0.3 is 20.0 Å². The van der Waals surface area contributed by atoms with E-state index >= 15 is 0 Å². The Hall–Kier alpha value is -3.75. The molecular formula is C25H29N7O2. The van der Waals surface area contributed by atoms with Crippen molar-refractivity contribution in [1.82, 2.24) is 24.8 Å². The summed E-state index contributed by atoms with van der Waals surface area (Å²) in [5.74, 6) is 1.20. The lowest BCUT2D eigenvalue weighted by Crippen LogP contribution is -2.48. The van der Waals surface area contributed by atoms with Crippen molar-refractivity contribution in [1.29, 1.82) is 0 Å². The molecule has 2 aliphatic heterocycles. The van der Waals surface area contributed by atoms with E-state index in [4.69, 9.17) is 4.98 Å². The molecule has 0 unspecified atom stereocenters. The highest BCUT2D eigenvalue weighted by Crippen LogP contribution is 2.31. The highest BCUT2D eigenvalue weighted by atomic mass is 16.2. The van der Waals surface area contributed by atoms with Crippen molar-refractivity contribution in [2.24, 2.45) is 0 Å². The Morgan fingerprint density at radius 2 is 1.82 bits per heavy atom. The maximum Gasteiger partial charge on any atom is 0.273 e. The number of carbonyl (C=O) groups is 2. The van der Waals surface area contributed by atoms with Crippen molar-refractivity contribution < 1.29 is 9.59 Å². The SMILES string of the molecule is CC(=O)N1CCN(c2nc(NCc3cc4ccccc4cn3)c3c(n2)C(=O)N(C(C)C)C3)CC1. The number of nitrogens with one attached hydrogen (secondary N) is 1. The second-order valence-corrected chi connectivity index (χ2v) is 9.10. The summed E-state index contributed by atoms with van der Waals surface area (Å²) in [4.78, 5) is 44.6.